The molecule has 3 rings (SSSR count). The van der Waals surface area contributed by atoms with Crippen LogP contribution in [0, 0.1) is 23.2 Å². The molecule has 0 heterocycles. The van der Waals surface area contributed by atoms with Gasteiger partial charge >= 0.3 is 17.9 Å². The predicted molar refractivity (Wildman–Crippen MR) is 120 cm³/mol. The van der Waals surface area contributed by atoms with E-state index in [-0.39, 0.29) is 35.3 Å². The van der Waals surface area contributed by atoms with Crippen LogP contribution in [0.2, 0.25) is 0 Å². The van der Waals surface area contributed by atoms with Crippen molar-refractivity contribution >= 4 is 17.9 Å². The van der Waals surface area contributed by atoms with Gasteiger partial charge in [0.05, 0.1) is 0 Å². The van der Waals surface area contributed by atoms with E-state index in [4.69, 9.17) is 14.2 Å². The maximum Gasteiger partial charge on any atom is 0.303 e. The van der Waals surface area contributed by atoms with E-state index >= 15 is 0 Å². The van der Waals surface area contributed by atoms with E-state index in [0.29, 0.717) is 12.3 Å². The second-order valence-electron chi connectivity index (χ2n) is 10.3. The Bertz CT molecular complexity index is 826. The Morgan fingerprint density at radius 2 is 1.62 bits per heavy atom. The molecule has 6 nitrogen and oxygen atoms in total. The van der Waals surface area contributed by atoms with E-state index < -0.39 is 18.2 Å². The standard InChI is InChI=1S/C26H38O6/c1-14-9-8-10-15(2)22(30-17(4)27)13-21-16(3)23-20(14)11-12-26(23,7)25(32-19(6)29)24(21)31-18(5)28/h15,20,22-25H,1,8-13H2,2-7H3/t15-,20-,22+,23+,24+,25-,26-/m0/s1. The van der Waals surface area contributed by atoms with Crippen molar-refractivity contribution in [2.24, 2.45) is 23.2 Å². The number of allylic oxidation sites excluding steroid dienone is 2. The van der Waals surface area contributed by atoms with Gasteiger partial charge in [0, 0.05) is 32.6 Å². The second-order valence-corrected chi connectivity index (χ2v) is 10.3. The van der Waals surface area contributed by atoms with Crippen LogP contribution in [0.3, 0.4) is 0 Å². The molecular weight excluding hydrogens is 408 g/mol. The minimum atomic E-state index is -0.685. The zero-order valence-electron chi connectivity index (χ0n) is 20.4. The fourth-order valence-electron chi connectivity index (χ4n) is 6.53. The highest BCUT2D eigenvalue weighted by atomic mass is 16.6. The lowest BCUT2D eigenvalue weighted by Gasteiger charge is -2.49. The van der Waals surface area contributed by atoms with Gasteiger partial charge in [-0.1, -0.05) is 31.6 Å². The van der Waals surface area contributed by atoms with Crippen molar-refractivity contribution in [3.05, 3.63) is 23.3 Å². The van der Waals surface area contributed by atoms with Crippen LogP contribution in [0.15, 0.2) is 23.3 Å². The SMILES string of the molecule is C=C1CCC[C@H](C)[C@H](OC(C)=O)CC2=C(C)[C@@H]3[C@H]1CC[C@]3(C)[C@@H](OC(C)=O)[C@@H]2OC(C)=O. The number of hydrogen-bond donors (Lipinski definition) is 0. The molecule has 3 aliphatic rings. The number of carbonyl (C=O) groups excluding carboxylic acids is 3. The Morgan fingerprint density at radius 1 is 1.00 bits per heavy atom. The topological polar surface area (TPSA) is 78.9 Å². The summed E-state index contributed by atoms with van der Waals surface area (Å²) in [6.07, 6.45) is 3.55. The van der Waals surface area contributed by atoms with Crippen LogP contribution >= 0.6 is 0 Å². The van der Waals surface area contributed by atoms with Gasteiger partial charge in [0.1, 0.15) is 12.2 Å². The van der Waals surface area contributed by atoms with Crippen LogP contribution in [-0.2, 0) is 28.6 Å². The first kappa shape index (κ1) is 24.5. The molecule has 0 aromatic heterocycles. The van der Waals surface area contributed by atoms with Crippen LogP contribution in [0.4, 0.5) is 0 Å². The van der Waals surface area contributed by atoms with Crippen molar-refractivity contribution in [1.29, 1.82) is 0 Å². The van der Waals surface area contributed by atoms with E-state index in [1.165, 1.54) is 26.3 Å². The predicted octanol–water partition coefficient (Wildman–Crippen LogP) is 4.91. The summed E-state index contributed by atoms with van der Waals surface area (Å²) in [4.78, 5) is 36.2. The number of rotatable bonds is 3. The summed E-state index contributed by atoms with van der Waals surface area (Å²) in [5.41, 5.74) is 2.97. The zero-order chi connectivity index (χ0) is 23.8. The second kappa shape index (κ2) is 9.40. The van der Waals surface area contributed by atoms with E-state index in [9.17, 15) is 14.4 Å². The van der Waals surface area contributed by atoms with Gasteiger partial charge in [-0.25, -0.2) is 0 Å². The van der Waals surface area contributed by atoms with Crippen LogP contribution in [0.5, 0.6) is 0 Å². The highest BCUT2D eigenvalue weighted by molar-refractivity contribution is 5.68. The van der Waals surface area contributed by atoms with Gasteiger partial charge < -0.3 is 14.2 Å². The molecule has 0 N–H and O–H groups in total. The molecule has 0 aromatic carbocycles. The quantitative estimate of drug-likeness (QED) is 0.348. The first-order valence-electron chi connectivity index (χ1n) is 11.8. The third kappa shape index (κ3) is 4.65. The molecule has 0 aliphatic heterocycles. The molecule has 0 spiro atoms. The van der Waals surface area contributed by atoms with Crippen molar-refractivity contribution < 1.29 is 28.6 Å². The first-order chi connectivity index (χ1) is 15.0. The molecule has 6 heteroatoms. The molecule has 7 atom stereocenters. The molecule has 0 unspecified atom stereocenters. The van der Waals surface area contributed by atoms with Crippen LogP contribution < -0.4 is 0 Å². The molecule has 0 aromatic rings. The lowest BCUT2D eigenvalue weighted by atomic mass is 9.61. The first-order valence-corrected chi connectivity index (χ1v) is 11.8. The third-order valence-electron chi connectivity index (χ3n) is 7.99. The van der Waals surface area contributed by atoms with Crippen molar-refractivity contribution in [2.75, 3.05) is 0 Å². The Balaban J connectivity index is 2.19. The van der Waals surface area contributed by atoms with Gasteiger partial charge in [-0.05, 0) is 62.4 Å². The Labute approximate surface area is 191 Å². The van der Waals surface area contributed by atoms with E-state index in [1.54, 1.807) is 0 Å². The fourth-order valence-corrected chi connectivity index (χ4v) is 6.53. The van der Waals surface area contributed by atoms with Crippen molar-refractivity contribution in [3.8, 4) is 0 Å². The molecule has 0 saturated heterocycles. The normalized spacial score (nSPS) is 37.4. The molecule has 0 amide bonds. The lowest BCUT2D eigenvalue weighted by Crippen LogP contribution is -2.54. The Morgan fingerprint density at radius 3 is 2.22 bits per heavy atom. The minimum Gasteiger partial charge on any atom is -0.462 e. The molecule has 1 saturated carbocycles. The summed E-state index contributed by atoms with van der Waals surface area (Å²) in [7, 11) is 0. The summed E-state index contributed by atoms with van der Waals surface area (Å²) in [6, 6.07) is 0. The fraction of sp³-hybridized carbons (Fsp3) is 0.731. The largest absolute Gasteiger partial charge is 0.462 e. The summed E-state index contributed by atoms with van der Waals surface area (Å²) >= 11 is 0. The van der Waals surface area contributed by atoms with E-state index in [2.05, 4.69) is 27.4 Å². The maximum absolute atomic E-state index is 12.2. The molecule has 0 radical (unpaired) electrons. The summed E-state index contributed by atoms with van der Waals surface area (Å²) in [6.45, 7) is 15.0. The number of esters is 3. The smallest absolute Gasteiger partial charge is 0.303 e. The van der Waals surface area contributed by atoms with Gasteiger partial charge in [0.2, 0.25) is 0 Å². The monoisotopic (exact) mass is 446 g/mol. The minimum absolute atomic E-state index is 0.142. The van der Waals surface area contributed by atoms with E-state index in [0.717, 1.165) is 43.3 Å². The Kier molecular flexibility index (Phi) is 7.21. The number of ether oxygens (including phenoxy) is 3. The third-order valence-corrected chi connectivity index (χ3v) is 7.99. The molecule has 3 aliphatic carbocycles. The Hall–Kier alpha value is -2.11. The van der Waals surface area contributed by atoms with Crippen molar-refractivity contribution in [3.63, 3.8) is 0 Å². The van der Waals surface area contributed by atoms with Crippen LogP contribution in [0.1, 0.15) is 80.1 Å². The van der Waals surface area contributed by atoms with Gasteiger partial charge in [-0.2, -0.15) is 0 Å². The molecular formula is C26H38O6. The van der Waals surface area contributed by atoms with Crippen molar-refractivity contribution in [2.45, 2.75) is 98.4 Å². The van der Waals surface area contributed by atoms with Gasteiger partial charge in [-0.15, -0.1) is 0 Å². The van der Waals surface area contributed by atoms with Crippen LogP contribution in [-0.4, -0.2) is 36.2 Å². The average molecular weight is 447 g/mol. The number of hydrogen-bond acceptors (Lipinski definition) is 6. The zero-order valence-corrected chi connectivity index (χ0v) is 20.4. The average Bonchev–Trinajstić information content (AvgIpc) is 3.03. The van der Waals surface area contributed by atoms with Gasteiger partial charge in [-0.3, -0.25) is 14.4 Å². The molecule has 178 valence electrons. The highest BCUT2D eigenvalue weighted by Crippen LogP contribution is 2.60. The summed E-state index contributed by atoms with van der Waals surface area (Å²) in [5, 5.41) is 0. The molecule has 1 fully saturated rings. The summed E-state index contributed by atoms with van der Waals surface area (Å²) in [5.74, 6) is -0.537. The lowest BCUT2D eigenvalue weighted by molar-refractivity contribution is -0.178. The van der Waals surface area contributed by atoms with Crippen molar-refractivity contribution in [1.82, 2.24) is 0 Å². The highest BCUT2D eigenvalue weighted by Gasteiger charge is 2.59. The molecule has 32 heavy (non-hydrogen) atoms. The van der Waals surface area contributed by atoms with E-state index in [1.807, 2.05) is 0 Å². The number of carbonyl (C=O) groups is 3. The summed E-state index contributed by atoms with van der Waals surface area (Å²) < 4.78 is 17.5. The maximum atomic E-state index is 12.2. The molecule has 2 bridgehead atoms. The van der Waals surface area contributed by atoms with Crippen LogP contribution in [0.25, 0.3) is 0 Å². The van der Waals surface area contributed by atoms with Gasteiger partial charge in [0.15, 0.2) is 6.10 Å². The van der Waals surface area contributed by atoms with Gasteiger partial charge in [0.25, 0.3) is 0 Å².